The lowest BCUT2D eigenvalue weighted by molar-refractivity contribution is 0.800. The van der Waals surface area contributed by atoms with Crippen LogP contribution in [0.4, 0.5) is 0 Å². The monoisotopic (exact) mass is 181 g/mol. The second-order valence-corrected chi connectivity index (χ2v) is 9.27. The van der Waals surface area contributed by atoms with Gasteiger partial charge >= 0.3 is 0 Å². The Kier molecular flexibility index (Phi) is 4.92. The predicted molar refractivity (Wildman–Crippen MR) is 56.6 cm³/mol. The number of nitrogens with zero attached hydrogens (tertiary/aromatic N) is 1. The van der Waals surface area contributed by atoms with E-state index in [1.807, 2.05) is 0 Å². The van der Waals surface area contributed by atoms with Crippen LogP contribution in [0.5, 0.6) is 0 Å². The molecule has 0 aliphatic carbocycles. The van der Waals surface area contributed by atoms with Crippen molar-refractivity contribution in [3.63, 3.8) is 0 Å². The van der Waals surface area contributed by atoms with Gasteiger partial charge in [-0.05, 0) is 12.8 Å². The van der Waals surface area contributed by atoms with E-state index in [0.29, 0.717) is 0 Å². The molecular weight excluding hydrogens is 162 g/mol. The van der Waals surface area contributed by atoms with Crippen molar-refractivity contribution >= 4 is 8.07 Å². The van der Waals surface area contributed by atoms with Gasteiger partial charge in [-0.2, -0.15) is 5.26 Å². The summed E-state index contributed by atoms with van der Waals surface area (Å²) in [7, 11) is -1.18. The summed E-state index contributed by atoms with van der Waals surface area (Å²) >= 11 is 0. The van der Waals surface area contributed by atoms with Crippen LogP contribution in [-0.2, 0) is 0 Å². The number of hydrogen-bond donors (Lipinski definition) is 0. The van der Waals surface area contributed by atoms with Gasteiger partial charge in [-0.15, -0.1) is 0 Å². The molecule has 0 bridgehead atoms. The van der Waals surface area contributed by atoms with Gasteiger partial charge in [0.25, 0.3) is 0 Å². The zero-order valence-electron chi connectivity index (χ0n) is 8.65. The first-order valence-electron chi connectivity index (χ1n) is 4.61. The highest BCUT2D eigenvalue weighted by atomic mass is 28.3. The van der Waals surface area contributed by atoms with Gasteiger partial charge in [-0.3, -0.25) is 0 Å². The molecule has 1 nitrogen and oxygen atoms in total. The molecule has 0 radical (unpaired) electrons. The van der Waals surface area contributed by atoms with Gasteiger partial charge in [0.15, 0.2) is 0 Å². The van der Waals surface area contributed by atoms with Crippen LogP contribution in [0.1, 0.15) is 26.2 Å². The summed E-state index contributed by atoms with van der Waals surface area (Å²) in [5.74, 6) is 0. The summed E-state index contributed by atoms with van der Waals surface area (Å²) in [6, 6.07) is 2.29. The van der Waals surface area contributed by atoms with Crippen molar-refractivity contribution in [2.75, 3.05) is 0 Å². The molecule has 0 heterocycles. The van der Waals surface area contributed by atoms with Crippen LogP contribution < -0.4 is 0 Å². The maximum absolute atomic E-state index is 8.82. The topological polar surface area (TPSA) is 23.8 Å². The predicted octanol–water partition coefficient (Wildman–Crippen LogP) is 3.50. The molecule has 0 saturated heterocycles. The van der Waals surface area contributed by atoms with E-state index in [-0.39, 0.29) is 0 Å². The molecule has 0 N–H and O–H groups in total. The Morgan fingerprint density at radius 2 is 2.00 bits per heavy atom. The summed E-state index contributed by atoms with van der Waals surface area (Å²) < 4.78 is 0. The Morgan fingerprint density at radius 3 is 2.33 bits per heavy atom. The first kappa shape index (κ1) is 11.4. The zero-order valence-corrected chi connectivity index (χ0v) is 9.65. The van der Waals surface area contributed by atoms with E-state index in [9.17, 15) is 0 Å². The Labute approximate surface area is 77.1 Å². The van der Waals surface area contributed by atoms with Gasteiger partial charge in [0, 0.05) is 5.57 Å². The van der Waals surface area contributed by atoms with E-state index in [1.165, 1.54) is 6.42 Å². The summed E-state index contributed by atoms with van der Waals surface area (Å²) in [6.45, 7) is 8.94. The Bertz CT molecular complexity index is 193. The molecule has 2 heteroatoms. The van der Waals surface area contributed by atoms with Gasteiger partial charge in [-0.25, -0.2) is 0 Å². The molecule has 12 heavy (non-hydrogen) atoms. The smallest absolute Gasteiger partial charge is 0.0939 e. The lowest BCUT2D eigenvalue weighted by Gasteiger charge is -2.09. The van der Waals surface area contributed by atoms with Crippen LogP contribution in [0.2, 0.25) is 19.6 Å². The van der Waals surface area contributed by atoms with Crippen LogP contribution >= 0.6 is 0 Å². The van der Waals surface area contributed by atoms with Gasteiger partial charge in [0.05, 0.1) is 14.1 Å². The molecule has 0 aromatic heterocycles. The molecule has 0 fully saturated rings. The summed E-state index contributed by atoms with van der Waals surface area (Å²) in [5, 5.41) is 8.82. The fraction of sp³-hybridized carbons (Fsp3) is 0.700. The maximum atomic E-state index is 8.82. The number of unbranched alkanes of at least 4 members (excludes halogenated alkanes) is 1. The number of rotatable bonds is 4. The minimum absolute atomic E-state index is 0.970. The average Bonchev–Trinajstić information content (AvgIpc) is 1.95. The third-order valence-electron chi connectivity index (χ3n) is 1.55. The third kappa shape index (κ3) is 6.18. The summed E-state index contributed by atoms with van der Waals surface area (Å²) in [4.78, 5) is 0. The normalized spacial score (nSPS) is 12.8. The molecule has 0 unspecified atom stereocenters. The second kappa shape index (κ2) is 5.16. The summed E-state index contributed by atoms with van der Waals surface area (Å²) in [5.41, 5.74) is 3.21. The van der Waals surface area contributed by atoms with Crippen LogP contribution in [0.15, 0.2) is 11.3 Å². The van der Waals surface area contributed by atoms with Crippen molar-refractivity contribution in [3.8, 4) is 6.07 Å². The lowest BCUT2D eigenvalue weighted by atomic mass is 10.1. The van der Waals surface area contributed by atoms with Gasteiger partial charge in [0.2, 0.25) is 0 Å². The standard InChI is InChI=1S/C10H19NSi/c1-5-6-7-10(8-11)9-12(2,3)4/h9H,5-7H2,1-4H3/b10-9+. The quantitative estimate of drug-likeness (QED) is 0.481. The zero-order chi connectivity index (χ0) is 9.61. The number of allylic oxidation sites excluding steroid dienone is 1. The molecule has 0 saturated carbocycles. The molecule has 0 aliphatic rings. The van der Waals surface area contributed by atoms with E-state index in [0.717, 1.165) is 18.4 Å². The average molecular weight is 181 g/mol. The number of hydrogen-bond acceptors (Lipinski definition) is 1. The molecule has 0 rings (SSSR count). The van der Waals surface area contributed by atoms with Crippen LogP contribution in [-0.4, -0.2) is 8.07 Å². The molecule has 0 amide bonds. The highest BCUT2D eigenvalue weighted by Gasteiger charge is 2.10. The second-order valence-electron chi connectivity index (χ2n) is 4.25. The van der Waals surface area contributed by atoms with Crippen molar-refractivity contribution in [3.05, 3.63) is 11.3 Å². The van der Waals surface area contributed by atoms with Crippen molar-refractivity contribution < 1.29 is 0 Å². The van der Waals surface area contributed by atoms with Crippen molar-refractivity contribution in [2.45, 2.75) is 45.8 Å². The third-order valence-corrected chi connectivity index (χ3v) is 2.77. The van der Waals surface area contributed by atoms with Gasteiger partial charge < -0.3 is 0 Å². The minimum Gasteiger partial charge on any atom is -0.193 e. The highest BCUT2D eigenvalue weighted by molar-refractivity contribution is 6.81. The molecule has 0 aromatic rings. The SMILES string of the molecule is CCCC/C(C#N)=C\[Si](C)(C)C. The first-order chi connectivity index (χ1) is 5.49. The van der Waals surface area contributed by atoms with Gasteiger partial charge in [-0.1, -0.05) is 38.7 Å². The van der Waals surface area contributed by atoms with Crippen molar-refractivity contribution in [1.29, 1.82) is 5.26 Å². The van der Waals surface area contributed by atoms with Gasteiger partial charge in [0.1, 0.15) is 0 Å². The molecule has 0 spiro atoms. The molecule has 0 atom stereocenters. The van der Waals surface area contributed by atoms with E-state index in [1.54, 1.807) is 0 Å². The van der Waals surface area contributed by atoms with E-state index in [4.69, 9.17) is 5.26 Å². The fourth-order valence-electron chi connectivity index (χ4n) is 1.05. The first-order valence-corrected chi connectivity index (χ1v) is 8.19. The largest absolute Gasteiger partial charge is 0.193 e. The molecule has 0 aromatic carbocycles. The minimum atomic E-state index is -1.18. The lowest BCUT2D eigenvalue weighted by Crippen LogP contribution is -2.16. The highest BCUT2D eigenvalue weighted by Crippen LogP contribution is 2.11. The van der Waals surface area contributed by atoms with Crippen molar-refractivity contribution in [1.82, 2.24) is 0 Å². The van der Waals surface area contributed by atoms with E-state index < -0.39 is 8.07 Å². The van der Waals surface area contributed by atoms with Crippen LogP contribution in [0.3, 0.4) is 0 Å². The van der Waals surface area contributed by atoms with E-state index in [2.05, 4.69) is 38.3 Å². The Hall–Kier alpha value is -0.553. The Morgan fingerprint density at radius 1 is 1.42 bits per heavy atom. The Balaban J connectivity index is 4.17. The van der Waals surface area contributed by atoms with Crippen LogP contribution in [0.25, 0.3) is 0 Å². The molecular formula is C10H19NSi. The number of nitriles is 1. The van der Waals surface area contributed by atoms with Crippen LogP contribution in [0, 0.1) is 11.3 Å². The fourth-order valence-corrected chi connectivity index (χ4v) is 2.30. The molecule has 0 aliphatic heterocycles. The van der Waals surface area contributed by atoms with E-state index >= 15 is 0 Å². The molecule has 68 valence electrons. The maximum Gasteiger partial charge on any atom is 0.0939 e. The van der Waals surface area contributed by atoms with Crippen molar-refractivity contribution in [2.24, 2.45) is 0 Å². The summed E-state index contributed by atoms with van der Waals surface area (Å²) in [6.07, 6.45) is 3.28.